The minimum atomic E-state index is -4.10. The van der Waals surface area contributed by atoms with Gasteiger partial charge >= 0.3 is 6.18 Å². The highest BCUT2D eigenvalue weighted by molar-refractivity contribution is 5.03. The highest BCUT2D eigenvalue weighted by atomic mass is 19.4. The molecule has 1 heterocycles. The van der Waals surface area contributed by atoms with Crippen molar-refractivity contribution >= 4 is 0 Å². The molecule has 1 aromatic rings. The summed E-state index contributed by atoms with van der Waals surface area (Å²) in [5.74, 6) is 0. The van der Waals surface area contributed by atoms with Crippen LogP contribution in [-0.2, 0) is 6.54 Å². The normalized spacial score (nSPS) is 13.8. The van der Waals surface area contributed by atoms with Crippen molar-refractivity contribution in [2.45, 2.75) is 51.9 Å². The summed E-state index contributed by atoms with van der Waals surface area (Å²) in [6, 6.07) is 5.64. The molecule has 0 aliphatic carbocycles. The lowest BCUT2D eigenvalue weighted by Crippen LogP contribution is -2.35. The highest BCUT2D eigenvalue weighted by Crippen LogP contribution is 2.21. The number of aromatic nitrogens is 1. The number of rotatable bonds is 7. The van der Waals surface area contributed by atoms with Gasteiger partial charge in [0.2, 0.25) is 0 Å². The highest BCUT2D eigenvalue weighted by Gasteiger charge is 2.28. The van der Waals surface area contributed by atoms with Gasteiger partial charge in [-0.15, -0.1) is 0 Å². The summed E-state index contributed by atoms with van der Waals surface area (Å²) >= 11 is 0. The minimum Gasteiger partial charge on any atom is -0.295 e. The van der Waals surface area contributed by atoms with Crippen LogP contribution in [0.4, 0.5) is 13.2 Å². The molecule has 0 bridgehead atoms. The van der Waals surface area contributed by atoms with Crippen LogP contribution >= 0.6 is 0 Å². The first-order chi connectivity index (χ1) is 8.92. The molecule has 0 saturated carbocycles. The van der Waals surface area contributed by atoms with Crippen molar-refractivity contribution in [3.63, 3.8) is 0 Å². The Morgan fingerprint density at radius 3 is 2.58 bits per heavy atom. The minimum absolute atomic E-state index is 0.0290. The molecule has 0 aliphatic rings. The van der Waals surface area contributed by atoms with Crippen LogP contribution in [0, 0.1) is 0 Å². The van der Waals surface area contributed by atoms with E-state index in [-0.39, 0.29) is 12.6 Å². The Labute approximate surface area is 112 Å². The molecule has 108 valence electrons. The fourth-order valence-electron chi connectivity index (χ4n) is 2.03. The first kappa shape index (κ1) is 16.0. The average Bonchev–Trinajstić information content (AvgIpc) is 2.35. The van der Waals surface area contributed by atoms with Gasteiger partial charge in [-0.2, -0.15) is 13.2 Å². The molecule has 0 fully saturated rings. The maximum atomic E-state index is 12.4. The van der Waals surface area contributed by atoms with Crippen LogP contribution in [0.25, 0.3) is 0 Å². The zero-order chi connectivity index (χ0) is 14.3. The van der Waals surface area contributed by atoms with Gasteiger partial charge in [-0.1, -0.05) is 19.4 Å². The predicted octanol–water partition coefficient (Wildman–Crippen LogP) is 4.02. The van der Waals surface area contributed by atoms with E-state index in [0.29, 0.717) is 6.54 Å². The smallest absolute Gasteiger partial charge is 0.295 e. The van der Waals surface area contributed by atoms with Gasteiger partial charge in [-0.3, -0.25) is 9.88 Å². The zero-order valence-corrected chi connectivity index (χ0v) is 11.5. The van der Waals surface area contributed by atoms with Gasteiger partial charge in [-0.25, -0.2) is 0 Å². The van der Waals surface area contributed by atoms with Gasteiger partial charge in [-0.05, 0) is 25.5 Å². The predicted molar refractivity (Wildman–Crippen MR) is 69.7 cm³/mol. The molecule has 0 saturated heterocycles. The third kappa shape index (κ3) is 6.57. The number of halogens is 3. The third-order valence-electron chi connectivity index (χ3n) is 3.10. The maximum absolute atomic E-state index is 12.4. The van der Waals surface area contributed by atoms with E-state index in [1.807, 2.05) is 30.9 Å². The van der Waals surface area contributed by atoms with Gasteiger partial charge in [0, 0.05) is 25.3 Å². The fraction of sp³-hybridized carbons (Fsp3) is 0.643. The van der Waals surface area contributed by atoms with E-state index in [4.69, 9.17) is 0 Å². The standard InChI is InChI=1S/C14H21F3N2/c1-3-6-12(2)19(10-8-14(15,16)17)11-13-7-4-5-9-18-13/h4-5,7,9,12H,3,6,8,10-11H2,1-2H3. The first-order valence-electron chi connectivity index (χ1n) is 6.63. The second-order valence-corrected chi connectivity index (χ2v) is 4.79. The molecule has 2 nitrogen and oxygen atoms in total. The molecule has 1 rings (SSSR count). The van der Waals surface area contributed by atoms with Gasteiger partial charge in [0.15, 0.2) is 0 Å². The van der Waals surface area contributed by atoms with E-state index >= 15 is 0 Å². The van der Waals surface area contributed by atoms with Gasteiger partial charge < -0.3 is 0 Å². The Balaban J connectivity index is 2.63. The van der Waals surface area contributed by atoms with E-state index in [1.165, 1.54) is 0 Å². The van der Waals surface area contributed by atoms with Crippen LogP contribution in [0.15, 0.2) is 24.4 Å². The van der Waals surface area contributed by atoms with Crippen LogP contribution in [0.2, 0.25) is 0 Å². The molecule has 0 aliphatic heterocycles. The van der Waals surface area contributed by atoms with Crippen LogP contribution in [0.1, 0.15) is 38.8 Å². The summed E-state index contributed by atoms with van der Waals surface area (Å²) in [5, 5.41) is 0. The SMILES string of the molecule is CCCC(C)N(CCC(F)(F)F)Cc1ccccn1. The maximum Gasteiger partial charge on any atom is 0.390 e. The first-order valence-corrected chi connectivity index (χ1v) is 6.63. The Hall–Kier alpha value is -1.10. The van der Waals surface area contributed by atoms with Crippen molar-refractivity contribution in [1.82, 2.24) is 9.88 Å². The summed E-state index contributed by atoms with van der Waals surface area (Å²) in [6.45, 7) is 4.52. The molecule has 19 heavy (non-hydrogen) atoms. The van der Waals surface area contributed by atoms with Crippen molar-refractivity contribution in [3.05, 3.63) is 30.1 Å². The zero-order valence-electron chi connectivity index (χ0n) is 11.5. The molecule has 1 atom stereocenters. The Morgan fingerprint density at radius 1 is 1.32 bits per heavy atom. The average molecular weight is 274 g/mol. The van der Waals surface area contributed by atoms with Gasteiger partial charge in [0.05, 0.1) is 12.1 Å². The lowest BCUT2D eigenvalue weighted by atomic mass is 10.1. The summed E-state index contributed by atoms with van der Waals surface area (Å²) in [7, 11) is 0. The van der Waals surface area contributed by atoms with Gasteiger partial charge in [0.25, 0.3) is 0 Å². The van der Waals surface area contributed by atoms with Crippen molar-refractivity contribution in [2.75, 3.05) is 6.54 Å². The lowest BCUT2D eigenvalue weighted by Gasteiger charge is -2.29. The molecule has 0 aromatic carbocycles. The van der Waals surface area contributed by atoms with E-state index in [0.717, 1.165) is 18.5 Å². The molecule has 0 radical (unpaired) electrons. The Kier molecular flexibility index (Phi) is 6.28. The Bertz CT molecular complexity index is 351. The molecule has 0 spiro atoms. The summed E-state index contributed by atoms with van der Waals surface area (Å²) in [4.78, 5) is 6.04. The number of alkyl halides is 3. The molecule has 1 aromatic heterocycles. The fourth-order valence-corrected chi connectivity index (χ4v) is 2.03. The molecule has 5 heteroatoms. The van der Waals surface area contributed by atoms with Crippen molar-refractivity contribution in [1.29, 1.82) is 0 Å². The van der Waals surface area contributed by atoms with E-state index < -0.39 is 12.6 Å². The van der Waals surface area contributed by atoms with Crippen molar-refractivity contribution < 1.29 is 13.2 Å². The topological polar surface area (TPSA) is 16.1 Å². The number of pyridine rings is 1. The van der Waals surface area contributed by atoms with Crippen molar-refractivity contribution in [2.24, 2.45) is 0 Å². The molecule has 0 N–H and O–H groups in total. The lowest BCUT2D eigenvalue weighted by molar-refractivity contribution is -0.139. The van der Waals surface area contributed by atoms with Crippen LogP contribution in [-0.4, -0.2) is 28.6 Å². The van der Waals surface area contributed by atoms with Crippen LogP contribution < -0.4 is 0 Å². The van der Waals surface area contributed by atoms with E-state index in [2.05, 4.69) is 4.98 Å². The summed E-state index contributed by atoms with van der Waals surface area (Å²) in [5.41, 5.74) is 0.813. The molecule has 1 unspecified atom stereocenters. The van der Waals surface area contributed by atoms with Gasteiger partial charge in [0.1, 0.15) is 0 Å². The van der Waals surface area contributed by atoms with Crippen LogP contribution in [0.3, 0.4) is 0 Å². The Morgan fingerprint density at radius 2 is 2.05 bits per heavy atom. The largest absolute Gasteiger partial charge is 0.390 e. The molecule has 0 amide bonds. The molecular weight excluding hydrogens is 253 g/mol. The van der Waals surface area contributed by atoms with E-state index in [9.17, 15) is 13.2 Å². The quantitative estimate of drug-likeness (QED) is 0.746. The second-order valence-electron chi connectivity index (χ2n) is 4.79. The number of hydrogen-bond donors (Lipinski definition) is 0. The summed E-state index contributed by atoms with van der Waals surface area (Å²) in [6.07, 6.45) is -1.35. The molecular formula is C14H21F3N2. The monoisotopic (exact) mass is 274 g/mol. The third-order valence-corrected chi connectivity index (χ3v) is 3.10. The van der Waals surface area contributed by atoms with Crippen LogP contribution in [0.5, 0.6) is 0 Å². The number of nitrogens with zero attached hydrogens (tertiary/aromatic N) is 2. The van der Waals surface area contributed by atoms with E-state index in [1.54, 1.807) is 12.3 Å². The van der Waals surface area contributed by atoms with Crippen molar-refractivity contribution in [3.8, 4) is 0 Å². The second kappa shape index (κ2) is 7.48. The number of hydrogen-bond acceptors (Lipinski definition) is 2. The summed E-state index contributed by atoms with van der Waals surface area (Å²) < 4.78 is 37.1.